The average molecular weight is 586 g/mol. The Morgan fingerprint density at radius 3 is 1.56 bits per heavy atom. The Bertz CT molecular complexity index is 2510. The fourth-order valence-corrected chi connectivity index (χ4v) is 6.49. The number of phenolic OH excluding ortho intramolecular Hbond substituents is 6. The highest BCUT2D eigenvalue weighted by Crippen LogP contribution is 2.58. The second kappa shape index (κ2) is 9.27. The van der Waals surface area contributed by atoms with Gasteiger partial charge in [0.2, 0.25) is 11.5 Å². The first-order chi connectivity index (χ1) is 21.7. The molecule has 7 nitrogen and oxygen atoms in total. The summed E-state index contributed by atoms with van der Waals surface area (Å²) in [6.45, 7) is 0. The molecule has 9 heteroatoms. The molecule has 0 saturated carbocycles. The predicted octanol–water partition coefficient (Wildman–Crippen LogP) is 6.20. The van der Waals surface area contributed by atoms with Gasteiger partial charge in [-0.15, -0.1) is 0 Å². The fourth-order valence-electron chi connectivity index (χ4n) is 6.49. The minimum Gasteiger partial charge on any atom is -0.508 e. The quantitative estimate of drug-likeness (QED) is 0.0615. The summed E-state index contributed by atoms with van der Waals surface area (Å²) in [6.07, 6.45) is 0. The molecule has 0 aliphatic heterocycles. The van der Waals surface area contributed by atoms with Gasteiger partial charge in [0, 0.05) is 43.4 Å². The number of benzene rings is 7. The molecule has 0 bridgehead atoms. The first-order valence-electron chi connectivity index (χ1n) is 14.0. The number of phenols is 6. The normalized spacial score (nSPS) is 11.8. The first kappa shape index (κ1) is 26.7. The Morgan fingerprint density at radius 1 is 0.422 bits per heavy atom. The first-order valence-corrected chi connectivity index (χ1v) is 14.0. The van der Waals surface area contributed by atoms with Crippen molar-refractivity contribution in [2.75, 3.05) is 0 Å². The Balaban J connectivity index is 1.66. The molecule has 212 valence electrons. The van der Waals surface area contributed by atoms with Gasteiger partial charge in [0.05, 0.1) is 0 Å². The van der Waals surface area contributed by atoms with Gasteiger partial charge in [-0.1, -0.05) is 71.6 Å². The molecule has 0 spiro atoms. The SMILES string of the molecule is [B]c1c([B])c(O)c2c(-c3ccc4oc5ccccc5c4c3)c3c(O)c(O)c(O)c(O)c3c(-c3ccc4ccccc4c3)c2c1O. The summed E-state index contributed by atoms with van der Waals surface area (Å²) in [5.41, 5.74) is 1.72. The van der Waals surface area contributed by atoms with E-state index < -0.39 is 34.5 Å². The maximum absolute atomic E-state index is 11.6. The number of furan rings is 1. The van der Waals surface area contributed by atoms with Gasteiger partial charge in [-0.2, -0.15) is 0 Å². The van der Waals surface area contributed by atoms with E-state index in [-0.39, 0.29) is 43.6 Å². The van der Waals surface area contributed by atoms with Gasteiger partial charge in [-0.25, -0.2) is 0 Å². The van der Waals surface area contributed by atoms with Crippen LogP contribution < -0.4 is 10.9 Å². The topological polar surface area (TPSA) is 135 Å². The van der Waals surface area contributed by atoms with Crippen LogP contribution in [0.1, 0.15) is 0 Å². The molecular formula is C36H20B2O7. The van der Waals surface area contributed by atoms with Crippen LogP contribution in [0.15, 0.2) is 89.3 Å². The standard InChI is InChI=1S/C36H20B2O7/c37-29-30(38)32(40)26-24(18-11-12-22-20(14-18)19-7-3-4-8-21(19)45-22)28-27(33(41)35(43)36(44)34(28)42)23(25(26)31(29)39)17-10-9-15-5-1-2-6-16(15)13-17/h1-14,39-44H. The van der Waals surface area contributed by atoms with Gasteiger partial charge in [0.1, 0.15) is 38.4 Å². The van der Waals surface area contributed by atoms with E-state index in [1.165, 1.54) is 0 Å². The third kappa shape index (κ3) is 3.55. The van der Waals surface area contributed by atoms with E-state index >= 15 is 0 Å². The molecule has 7 aromatic carbocycles. The zero-order chi connectivity index (χ0) is 31.3. The molecule has 0 saturated heterocycles. The molecule has 45 heavy (non-hydrogen) atoms. The second-order valence-electron chi connectivity index (χ2n) is 11.0. The van der Waals surface area contributed by atoms with Crippen LogP contribution in [0.2, 0.25) is 0 Å². The van der Waals surface area contributed by atoms with E-state index in [1.54, 1.807) is 30.3 Å². The van der Waals surface area contributed by atoms with Crippen molar-refractivity contribution in [1.82, 2.24) is 0 Å². The van der Waals surface area contributed by atoms with Crippen LogP contribution in [0, 0.1) is 0 Å². The Labute approximate surface area is 257 Å². The molecular weight excluding hydrogens is 566 g/mol. The summed E-state index contributed by atoms with van der Waals surface area (Å²) in [4.78, 5) is 0. The van der Waals surface area contributed by atoms with Crippen molar-refractivity contribution in [2.45, 2.75) is 0 Å². The summed E-state index contributed by atoms with van der Waals surface area (Å²) in [5.74, 6) is -4.40. The van der Waals surface area contributed by atoms with E-state index in [4.69, 9.17) is 20.1 Å². The fraction of sp³-hybridized carbons (Fsp3) is 0. The lowest BCUT2D eigenvalue weighted by Crippen LogP contribution is -2.26. The van der Waals surface area contributed by atoms with Crippen LogP contribution in [0.5, 0.6) is 34.5 Å². The highest BCUT2D eigenvalue weighted by Gasteiger charge is 2.31. The van der Waals surface area contributed by atoms with Crippen molar-refractivity contribution < 1.29 is 35.1 Å². The van der Waals surface area contributed by atoms with Crippen molar-refractivity contribution in [1.29, 1.82) is 0 Å². The molecule has 0 unspecified atom stereocenters. The van der Waals surface area contributed by atoms with Gasteiger partial charge >= 0.3 is 0 Å². The van der Waals surface area contributed by atoms with Gasteiger partial charge in [0.15, 0.2) is 11.5 Å². The molecule has 0 fully saturated rings. The minimum atomic E-state index is -0.966. The number of rotatable bonds is 2. The van der Waals surface area contributed by atoms with Crippen LogP contribution in [-0.2, 0) is 0 Å². The lowest BCUT2D eigenvalue weighted by atomic mass is 9.74. The summed E-state index contributed by atoms with van der Waals surface area (Å²) in [6, 6.07) is 25.5. The van der Waals surface area contributed by atoms with E-state index in [0.717, 1.165) is 16.2 Å². The Hall–Kier alpha value is -5.95. The lowest BCUT2D eigenvalue weighted by molar-refractivity contribution is 0.351. The van der Waals surface area contributed by atoms with E-state index in [1.807, 2.05) is 54.6 Å². The second-order valence-corrected chi connectivity index (χ2v) is 11.0. The van der Waals surface area contributed by atoms with Crippen molar-refractivity contribution >= 4 is 80.9 Å². The monoisotopic (exact) mass is 586 g/mol. The molecule has 0 aliphatic carbocycles. The maximum atomic E-state index is 11.6. The van der Waals surface area contributed by atoms with E-state index in [2.05, 4.69) is 0 Å². The number of fused-ring (bicyclic) bond motifs is 6. The van der Waals surface area contributed by atoms with Crippen molar-refractivity contribution in [3.05, 3.63) is 84.9 Å². The number of hydrogen-bond donors (Lipinski definition) is 6. The lowest BCUT2D eigenvalue weighted by Gasteiger charge is -2.24. The van der Waals surface area contributed by atoms with Crippen molar-refractivity contribution in [3.8, 4) is 56.8 Å². The largest absolute Gasteiger partial charge is 0.508 e. The van der Waals surface area contributed by atoms with E-state index in [9.17, 15) is 30.6 Å². The number of hydrogen-bond acceptors (Lipinski definition) is 7. The molecule has 1 aromatic heterocycles. The Kier molecular flexibility index (Phi) is 5.49. The van der Waals surface area contributed by atoms with Gasteiger partial charge < -0.3 is 35.1 Å². The highest BCUT2D eigenvalue weighted by atomic mass is 16.3. The van der Waals surface area contributed by atoms with Gasteiger partial charge in [-0.05, 0) is 46.2 Å². The Morgan fingerprint density at radius 2 is 0.911 bits per heavy atom. The molecule has 1 heterocycles. The summed E-state index contributed by atoms with van der Waals surface area (Å²) in [5, 5.41) is 70.9. The van der Waals surface area contributed by atoms with Crippen molar-refractivity contribution in [2.24, 2.45) is 0 Å². The molecule has 4 radical (unpaired) electrons. The highest BCUT2D eigenvalue weighted by molar-refractivity contribution is 6.53. The summed E-state index contributed by atoms with van der Waals surface area (Å²) >= 11 is 0. The number of aromatic hydroxyl groups is 6. The van der Waals surface area contributed by atoms with Gasteiger partial charge in [0.25, 0.3) is 0 Å². The van der Waals surface area contributed by atoms with Gasteiger partial charge in [-0.3, -0.25) is 0 Å². The smallest absolute Gasteiger partial charge is 0.204 e. The molecule has 0 amide bonds. The van der Waals surface area contributed by atoms with Crippen LogP contribution >= 0.6 is 0 Å². The molecule has 8 rings (SSSR count). The maximum Gasteiger partial charge on any atom is 0.204 e. The summed E-state index contributed by atoms with van der Waals surface area (Å²) < 4.78 is 6.00. The average Bonchev–Trinajstić information content (AvgIpc) is 3.44. The van der Waals surface area contributed by atoms with Crippen LogP contribution in [0.25, 0.3) is 76.5 Å². The third-order valence-electron chi connectivity index (χ3n) is 8.62. The minimum absolute atomic E-state index is 0.00167. The number of para-hydroxylation sites is 1. The molecule has 6 N–H and O–H groups in total. The molecule has 0 aliphatic rings. The van der Waals surface area contributed by atoms with Crippen LogP contribution in [0.3, 0.4) is 0 Å². The third-order valence-corrected chi connectivity index (χ3v) is 8.62. The molecule has 8 aromatic rings. The zero-order valence-electron chi connectivity index (χ0n) is 23.3. The predicted molar refractivity (Wildman–Crippen MR) is 178 cm³/mol. The summed E-state index contributed by atoms with van der Waals surface area (Å²) in [7, 11) is 12.4. The molecule has 0 atom stereocenters. The zero-order valence-corrected chi connectivity index (χ0v) is 23.3. The van der Waals surface area contributed by atoms with Crippen LogP contribution in [-0.4, -0.2) is 46.3 Å². The van der Waals surface area contributed by atoms with Crippen molar-refractivity contribution in [3.63, 3.8) is 0 Å². The van der Waals surface area contributed by atoms with E-state index in [0.29, 0.717) is 27.7 Å². The van der Waals surface area contributed by atoms with Crippen LogP contribution in [0.4, 0.5) is 0 Å².